The van der Waals surface area contributed by atoms with Gasteiger partial charge >= 0.3 is 5.97 Å². The summed E-state index contributed by atoms with van der Waals surface area (Å²) in [5, 5.41) is 23.9. The van der Waals surface area contributed by atoms with E-state index in [-0.39, 0.29) is 31.4 Å². The third-order valence-corrected chi connectivity index (χ3v) is 13.5. The molecule has 4 heterocycles. The average molecular weight is 872 g/mol. The number of aliphatic hydroxyl groups excluding tert-OH is 1. The minimum Gasteiger partial charge on any atom is -0.489 e. The van der Waals surface area contributed by atoms with Gasteiger partial charge in [0, 0.05) is 37.8 Å². The summed E-state index contributed by atoms with van der Waals surface area (Å²) < 4.78 is 106. The number of carbonyl (C=O) groups is 1. The number of fused-ring (bicyclic) bond motifs is 2. The number of nitrogens with zero attached hydrogens (tertiary/aromatic N) is 1. The molecule has 3 fully saturated rings. The predicted molar refractivity (Wildman–Crippen MR) is 211 cm³/mol. The molecule has 0 spiro atoms. The van der Waals surface area contributed by atoms with Crippen LogP contribution in [0, 0.1) is 17.8 Å². The van der Waals surface area contributed by atoms with Crippen molar-refractivity contribution < 1.29 is 73.4 Å². The van der Waals surface area contributed by atoms with Crippen LogP contribution in [-0.2, 0) is 66.6 Å². The number of esters is 1. The molecule has 0 unspecified atom stereocenters. The lowest BCUT2D eigenvalue weighted by Crippen LogP contribution is -2.60. The Labute approximate surface area is 345 Å². The Morgan fingerprint density at radius 1 is 0.897 bits per heavy atom. The first-order valence-electron chi connectivity index (χ1n) is 20.1. The van der Waals surface area contributed by atoms with E-state index in [1.807, 2.05) is 46.7 Å². The molecule has 0 aliphatic carbocycles. The van der Waals surface area contributed by atoms with Crippen molar-refractivity contribution in [3.8, 4) is 0 Å². The van der Waals surface area contributed by atoms with Gasteiger partial charge in [-0.15, -0.1) is 0 Å². The first kappa shape index (κ1) is 49.2. The summed E-state index contributed by atoms with van der Waals surface area (Å²) in [4.78, 5) is 16.3. The first-order chi connectivity index (χ1) is 26.5. The predicted octanol–water partition coefficient (Wildman–Crippen LogP) is 2.86. The van der Waals surface area contributed by atoms with Gasteiger partial charge in [-0.2, -0.15) is 16.8 Å². The van der Waals surface area contributed by atoms with E-state index in [4.69, 9.17) is 41.5 Å². The van der Waals surface area contributed by atoms with E-state index in [0.29, 0.717) is 12.2 Å². The Kier molecular flexibility index (Phi) is 15.3. The Morgan fingerprint density at radius 3 is 2.02 bits per heavy atom. The number of hydrogen-bond donors (Lipinski definition) is 2. The van der Waals surface area contributed by atoms with Crippen LogP contribution in [0.15, 0.2) is 11.3 Å². The van der Waals surface area contributed by atoms with Crippen LogP contribution in [-0.4, -0.2) is 156 Å². The van der Waals surface area contributed by atoms with Crippen LogP contribution in [0.1, 0.15) is 94.9 Å². The SMILES string of the molecule is CC[C@H]1OC(=O)[C@H](C)[C@@H](O[C@H]2C[C@@](C)(OC)[C@@H](OS(C)(=O)=O)[C@H](C)O2)[C@H](C)[C@@H](O[C@@H]2O[C@H](C)C[C@H](N(C)C)[C@H]2O)[C@@]2(C)CC(C)=C(O2)[C@H](C)[C@@H](OS(C)(=O)=O)[C@]1(C)O. The Morgan fingerprint density at radius 2 is 1.48 bits per heavy atom. The second-order valence-corrected chi connectivity index (χ2v) is 21.1. The molecule has 3 saturated heterocycles. The highest BCUT2D eigenvalue weighted by molar-refractivity contribution is 7.86. The molecule has 2 N–H and O–H groups in total. The largest absolute Gasteiger partial charge is 0.489 e. The number of likely N-dealkylation sites (N-methyl/N-ethyl adjacent to an activating group) is 1. The maximum Gasteiger partial charge on any atom is 0.311 e. The normalized spacial score (nSPS) is 44.9. The Hall–Kier alpha value is -1.49. The molecule has 0 aromatic rings. The molecule has 19 heteroatoms. The number of hydrogen-bond acceptors (Lipinski definition) is 17. The number of aliphatic hydroxyl groups is 2. The van der Waals surface area contributed by atoms with Gasteiger partial charge in [-0.1, -0.05) is 20.8 Å². The lowest BCUT2D eigenvalue weighted by atomic mass is 9.78. The quantitative estimate of drug-likeness (QED) is 0.226. The van der Waals surface area contributed by atoms with Crippen LogP contribution in [0.2, 0.25) is 0 Å². The fraction of sp³-hybridized carbons (Fsp3) is 0.923. The molecule has 17 atom stereocenters. The molecule has 0 aromatic heterocycles. The summed E-state index contributed by atoms with van der Waals surface area (Å²) in [5.41, 5.74) is -3.78. The second kappa shape index (κ2) is 18.1. The molecule has 58 heavy (non-hydrogen) atoms. The minimum absolute atomic E-state index is 0.0100. The summed E-state index contributed by atoms with van der Waals surface area (Å²) in [6.07, 6.45) is -7.57. The molecule has 338 valence electrons. The maximum atomic E-state index is 14.4. The smallest absolute Gasteiger partial charge is 0.311 e. The first-order valence-corrected chi connectivity index (χ1v) is 23.7. The van der Waals surface area contributed by atoms with E-state index in [2.05, 4.69) is 0 Å². The van der Waals surface area contributed by atoms with E-state index in [9.17, 15) is 31.8 Å². The van der Waals surface area contributed by atoms with Crippen molar-refractivity contribution in [2.45, 2.75) is 179 Å². The van der Waals surface area contributed by atoms with E-state index in [0.717, 1.165) is 18.1 Å². The number of carbonyl (C=O) groups excluding carboxylic acids is 1. The fourth-order valence-corrected chi connectivity index (χ4v) is 10.9. The zero-order chi connectivity index (χ0) is 44.1. The van der Waals surface area contributed by atoms with Crippen LogP contribution in [0.4, 0.5) is 0 Å². The van der Waals surface area contributed by atoms with Gasteiger partial charge in [0.15, 0.2) is 12.6 Å². The standard InChI is InChI=1S/C39H69NO16S2/c1-16-27-39(10,43)33(55-57(14,44)45)22(4)30-20(2)18-38(9,54-30)32(53-36-29(41)26(40(11)12)17-21(3)49-36)23(5)31(24(6)35(42)51-27)52-28-19-37(8,48-13)34(25(7)50-28)56-58(15,46)47/h21-29,31-34,36,41,43H,16-19H2,1-15H3/t21-,22+,23+,24-,25+,26+,27-,28+,29-,31+,32-,33-,34+,36+,37-,38-,39-/m1/s1. The monoisotopic (exact) mass is 871 g/mol. The van der Waals surface area contributed by atoms with Crippen molar-refractivity contribution in [2.75, 3.05) is 33.7 Å². The van der Waals surface area contributed by atoms with Gasteiger partial charge in [0.25, 0.3) is 20.2 Å². The second-order valence-electron chi connectivity index (χ2n) is 17.9. The number of ether oxygens (including phenoxy) is 7. The van der Waals surface area contributed by atoms with Crippen LogP contribution >= 0.6 is 0 Å². The molecular weight excluding hydrogens is 803 g/mol. The van der Waals surface area contributed by atoms with Gasteiger partial charge in [0.05, 0.1) is 42.3 Å². The van der Waals surface area contributed by atoms with Crippen LogP contribution in [0.5, 0.6) is 0 Å². The van der Waals surface area contributed by atoms with Crippen molar-refractivity contribution in [1.82, 2.24) is 4.90 Å². The Balaban J connectivity index is 1.89. The van der Waals surface area contributed by atoms with Crippen LogP contribution in [0.3, 0.4) is 0 Å². The zero-order valence-electron chi connectivity index (χ0n) is 36.8. The molecule has 17 nitrogen and oxygen atoms in total. The van der Waals surface area contributed by atoms with Gasteiger partial charge < -0.3 is 48.3 Å². The highest BCUT2D eigenvalue weighted by atomic mass is 32.2. The Bertz CT molecular complexity index is 1710. The van der Waals surface area contributed by atoms with Crippen molar-refractivity contribution in [1.29, 1.82) is 0 Å². The summed E-state index contributed by atoms with van der Waals surface area (Å²) in [7, 11) is -2.93. The average Bonchev–Trinajstić information content (AvgIpc) is 3.42. The molecule has 0 aromatic carbocycles. The third kappa shape index (κ3) is 10.7. The van der Waals surface area contributed by atoms with Crippen LogP contribution < -0.4 is 0 Å². The van der Waals surface area contributed by atoms with Crippen molar-refractivity contribution in [3.63, 3.8) is 0 Å². The molecule has 0 amide bonds. The number of rotatable bonds is 11. The molecule has 2 bridgehead atoms. The highest BCUT2D eigenvalue weighted by Gasteiger charge is 2.57. The van der Waals surface area contributed by atoms with Crippen LogP contribution in [0.25, 0.3) is 0 Å². The van der Waals surface area contributed by atoms with Gasteiger partial charge in [-0.05, 0) is 81.0 Å². The van der Waals surface area contributed by atoms with Crippen molar-refractivity contribution in [2.24, 2.45) is 17.8 Å². The van der Waals surface area contributed by atoms with Gasteiger partial charge in [-0.3, -0.25) is 13.2 Å². The molecular formula is C39H69NO16S2. The molecule has 0 radical (unpaired) electrons. The molecule has 4 rings (SSSR count). The van der Waals surface area contributed by atoms with E-state index >= 15 is 0 Å². The zero-order valence-corrected chi connectivity index (χ0v) is 38.4. The maximum absolute atomic E-state index is 14.4. The molecule has 0 saturated carbocycles. The topological polar surface area (TPSA) is 212 Å². The van der Waals surface area contributed by atoms with E-state index < -0.39 is 116 Å². The molecule has 4 aliphatic heterocycles. The summed E-state index contributed by atoms with van der Waals surface area (Å²) in [6, 6.07) is -0.319. The van der Waals surface area contributed by atoms with Crippen molar-refractivity contribution in [3.05, 3.63) is 11.3 Å². The minimum atomic E-state index is -4.16. The highest BCUT2D eigenvalue weighted by Crippen LogP contribution is 2.48. The van der Waals surface area contributed by atoms with Gasteiger partial charge in [-0.25, -0.2) is 0 Å². The summed E-state index contributed by atoms with van der Waals surface area (Å²) in [6.45, 7) is 17.1. The van der Waals surface area contributed by atoms with E-state index in [1.54, 1.807) is 34.6 Å². The summed E-state index contributed by atoms with van der Waals surface area (Å²) in [5.74, 6) is -3.14. The van der Waals surface area contributed by atoms with E-state index in [1.165, 1.54) is 14.0 Å². The van der Waals surface area contributed by atoms with Crippen molar-refractivity contribution >= 4 is 26.2 Å². The lowest BCUT2D eigenvalue weighted by molar-refractivity contribution is -0.315. The number of cyclic esters (lactones) is 1. The third-order valence-electron chi connectivity index (χ3n) is 12.4. The van der Waals surface area contributed by atoms with Gasteiger partial charge in [0.1, 0.15) is 47.5 Å². The fourth-order valence-electron chi connectivity index (χ4n) is 9.44. The summed E-state index contributed by atoms with van der Waals surface area (Å²) >= 11 is 0. The van der Waals surface area contributed by atoms with Gasteiger partial charge in [0.2, 0.25) is 0 Å². The lowest BCUT2D eigenvalue weighted by Gasteiger charge is -2.49. The number of methoxy groups -OCH3 is 1. The molecule has 4 aliphatic rings.